The van der Waals surface area contributed by atoms with E-state index in [-0.39, 0.29) is 0 Å². The number of hydrogen-bond donors (Lipinski definition) is 2. The van der Waals surface area contributed by atoms with Crippen LogP contribution >= 0.6 is 0 Å². The smallest absolute Gasteiger partial charge is 0.191 e. The first-order chi connectivity index (χ1) is 11.8. The molecule has 0 aliphatic heterocycles. The van der Waals surface area contributed by atoms with Crippen LogP contribution in [0.1, 0.15) is 18.3 Å². The molecule has 2 heterocycles. The van der Waals surface area contributed by atoms with Gasteiger partial charge in [-0.05, 0) is 24.6 Å². The van der Waals surface area contributed by atoms with E-state index < -0.39 is 0 Å². The van der Waals surface area contributed by atoms with Gasteiger partial charge in [0.25, 0.3) is 0 Å². The molecular weight excluding hydrogens is 302 g/mol. The molecule has 7 heteroatoms. The SMILES string of the molecule is CCNC(=NCc1ccnc2ccccc12)NCc1ncnn1C. The average molecular weight is 323 g/mol. The molecule has 0 radical (unpaired) electrons. The van der Waals surface area contributed by atoms with Crippen LogP contribution in [-0.2, 0) is 20.1 Å². The second-order valence-electron chi connectivity index (χ2n) is 5.34. The zero-order chi connectivity index (χ0) is 16.8. The summed E-state index contributed by atoms with van der Waals surface area (Å²) in [4.78, 5) is 13.3. The molecule has 0 unspecified atom stereocenters. The van der Waals surface area contributed by atoms with Gasteiger partial charge in [0.1, 0.15) is 12.2 Å². The number of nitrogens with one attached hydrogen (secondary N) is 2. The highest BCUT2D eigenvalue weighted by atomic mass is 15.3. The molecule has 0 spiro atoms. The molecule has 24 heavy (non-hydrogen) atoms. The lowest BCUT2D eigenvalue weighted by molar-refractivity contribution is 0.673. The van der Waals surface area contributed by atoms with E-state index in [9.17, 15) is 0 Å². The van der Waals surface area contributed by atoms with Gasteiger partial charge in [0.2, 0.25) is 0 Å². The number of para-hydroxylation sites is 1. The van der Waals surface area contributed by atoms with Gasteiger partial charge in [-0.25, -0.2) is 9.98 Å². The minimum absolute atomic E-state index is 0.569. The van der Waals surface area contributed by atoms with Crippen molar-refractivity contribution in [2.75, 3.05) is 6.54 Å². The molecule has 7 nitrogen and oxygen atoms in total. The number of rotatable bonds is 5. The zero-order valence-electron chi connectivity index (χ0n) is 13.9. The van der Waals surface area contributed by atoms with Gasteiger partial charge in [-0.2, -0.15) is 5.10 Å². The number of aryl methyl sites for hydroxylation is 1. The number of benzene rings is 1. The fraction of sp³-hybridized carbons (Fsp3) is 0.294. The summed E-state index contributed by atoms with van der Waals surface area (Å²) in [6.07, 6.45) is 3.37. The van der Waals surface area contributed by atoms with E-state index in [1.165, 1.54) is 0 Å². The summed E-state index contributed by atoms with van der Waals surface area (Å²) in [5.74, 6) is 1.61. The minimum atomic E-state index is 0.569. The standard InChI is InChI=1S/C17H21N7/c1-3-18-17(21-11-16-22-12-23-24(16)2)20-10-13-8-9-19-15-7-5-4-6-14(13)15/h4-9,12H,3,10-11H2,1-2H3,(H2,18,20,21). The Labute approximate surface area is 140 Å². The van der Waals surface area contributed by atoms with Crippen LogP contribution < -0.4 is 10.6 Å². The second-order valence-corrected chi connectivity index (χ2v) is 5.34. The first-order valence-electron chi connectivity index (χ1n) is 7.95. The molecule has 0 saturated heterocycles. The van der Waals surface area contributed by atoms with Gasteiger partial charge in [0.05, 0.1) is 18.6 Å². The van der Waals surface area contributed by atoms with E-state index in [2.05, 4.69) is 36.8 Å². The van der Waals surface area contributed by atoms with Gasteiger partial charge in [-0.15, -0.1) is 0 Å². The van der Waals surface area contributed by atoms with Crippen LogP contribution in [0.3, 0.4) is 0 Å². The summed E-state index contributed by atoms with van der Waals surface area (Å²) in [6, 6.07) is 10.1. The van der Waals surface area contributed by atoms with Gasteiger partial charge in [0, 0.05) is 25.2 Å². The summed E-state index contributed by atoms with van der Waals surface area (Å²) < 4.78 is 1.74. The molecule has 0 aliphatic carbocycles. The number of nitrogens with zero attached hydrogens (tertiary/aromatic N) is 5. The third kappa shape index (κ3) is 3.68. The lowest BCUT2D eigenvalue weighted by atomic mass is 10.1. The fourth-order valence-electron chi connectivity index (χ4n) is 2.44. The molecule has 0 aliphatic rings. The van der Waals surface area contributed by atoms with Crippen LogP contribution in [0.5, 0.6) is 0 Å². The van der Waals surface area contributed by atoms with Crippen LogP contribution in [0.2, 0.25) is 0 Å². The molecule has 0 saturated carbocycles. The monoisotopic (exact) mass is 323 g/mol. The highest BCUT2D eigenvalue weighted by molar-refractivity contribution is 5.83. The zero-order valence-corrected chi connectivity index (χ0v) is 13.9. The number of aliphatic imine (C=N–C) groups is 1. The van der Waals surface area contributed by atoms with E-state index >= 15 is 0 Å². The van der Waals surface area contributed by atoms with Crippen molar-refractivity contribution in [2.24, 2.45) is 12.0 Å². The molecule has 3 rings (SSSR count). The molecule has 1 aromatic carbocycles. The van der Waals surface area contributed by atoms with Crippen LogP contribution in [-0.4, -0.2) is 32.3 Å². The summed E-state index contributed by atoms with van der Waals surface area (Å²) in [7, 11) is 1.87. The molecule has 0 atom stereocenters. The maximum absolute atomic E-state index is 4.67. The summed E-state index contributed by atoms with van der Waals surface area (Å²) in [5, 5.41) is 11.7. The van der Waals surface area contributed by atoms with Crippen LogP contribution in [0.4, 0.5) is 0 Å². The van der Waals surface area contributed by atoms with Gasteiger partial charge in [-0.3, -0.25) is 9.67 Å². The summed E-state index contributed by atoms with van der Waals surface area (Å²) in [6.45, 7) is 3.99. The largest absolute Gasteiger partial charge is 0.357 e. The fourth-order valence-corrected chi connectivity index (χ4v) is 2.44. The Hall–Kier alpha value is -2.96. The maximum Gasteiger partial charge on any atom is 0.191 e. The van der Waals surface area contributed by atoms with E-state index in [0.29, 0.717) is 13.1 Å². The summed E-state index contributed by atoms with van der Waals surface area (Å²) in [5.41, 5.74) is 2.14. The lowest BCUT2D eigenvalue weighted by Crippen LogP contribution is -2.37. The van der Waals surface area contributed by atoms with Crippen molar-refractivity contribution in [1.29, 1.82) is 0 Å². The second kappa shape index (κ2) is 7.54. The quantitative estimate of drug-likeness (QED) is 0.551. The van der Waals surface area contributed by atoms with Crippen molar-refractivity contribution in [3.63, 3.8) is 0 Å². The molecule has 0 fully saturated rings. The Morgan fingerprint density at radius 2 is 2.04 bits per heavy atom. The molecule has 2 N–H and O–H groups in total. The van der Waals surface area contributed by atoms with Gasteiger partial charge in [0.15, 0.2) is 5.96 Å². The van der Waals surface area contributed by atoms with Crippen LogP contribution in [0, 0.1) is 0 Å². The molecule has 3 aromatic rings. The number of aromatic nitrogens is 4. The molecular formula is C17H21N7. The molecule has 0 bridgehead atoms. The average Bonchev–Trinajstić information content (AvgIpc) is 3.02. The Morgan fingerprint density at radius 3 is 2.83 bits per heavy atom. The number of guanidine groups is 1. The van der Waals surface area contributed by atoms with Gasteiger partial charge < -0.3 is 10.6 Å². The number of fused-ring (bicyclic) bond motifs is 1. The van der Waals surface area contributed by atoms with Gasteiger partial charge >= 0.3 is 0 Å². The van der Waals surface area contributed by atoms with Gasteiger partial charge in [-0.1, -0.05) is 18.2 Å². The van der Waals surface area contributed by atoms with Crippen molar-refractivity contribution in [1.82, 2.24) is 30.4 Å². The molecule has 124 valence electrons. The molecule has 2 aromatic heterocycles. The van der Waals surface area contributed by atoms with E-state index in [1.54, 1.807) is 11.0 Å². The first-order valence-corrected chi connectivity index (χ1v) is 7.95. The van der Waals surface area contributed by atoms with E-state index in [0.717, 1.165) is 34.8 Å². The summed E-state index contributed by atoms with van der Waals surface area (Å²) >= 11 is 0. The van der Waals surface area contributed by atoms with E-state index in [4.69, 9.17) is 0 Å². The van der Waals surface area contributed by atoms with E-state index in [1.807, 2.05) is 44.4 Å². The predicted molar refractivity (Wildman–Crippen MR) is 94.4 cm³/mol. The first kappa shape index (κ1) is 15.9. The lowest BCUT2D eigenvalue weighted by Gasteiger charge is -2.11. The minimum Gasteiger partial charge on any atom is -0.357 e. The number of hydrogen-bond acceptors (Lipinski definition) is 4. The van der Waals surface area contributed by atoms with Crippen LogP contribution in [0.15, 0.2) is 47.8 Å². The normalized spacial score (nSPS) is 11.7. The molecule has 0 amide bonds. The van der Waals surface area contributed by atoms with Crippen molar-refractivity contribution in [2.45, 2.75) is 20.0 Å². The Kier molecular flexibility index (Phi) is 5.00. The van der Waals surface area contributed by atoms with Crippen molar-refractivity contribution < 1.29 is 0 Å². The third-order valence-corrected chi connectivity index (χ3v) is 3.71. The third-order valence-electron chi connectivity index (χ3n) is 3.71. The maximum atomic E-state index is 4.67. The highest BCUT2D eigenvalue weighted by Gasteiger charge is 2.04. The Bertz CT molecular complexity index is 832. The Balaban J connectivity index is 1.74. The topological polar surface area (TPSA) is 80.0 Å². The number of pyridine rings is 1. The predicted octanol–water partition coefficient (Wildman–Crippen LogP) is 1.62. The van der Waals surface area contributed by atoms with Crippen molar-refractivity contribution in [3.05, 3.63) is 54.2 Å². The van der Waals surface area contributed by atoms with Crippen molar-refractivity contribution in [3.8, 4) is 0 Å². The van der Waals surface area contributed by atoms with Crippen molar-refractivity contribution >= 4 is 16.9 Å². The highest BCUT2D eigenvalue weighted by Crippen LogP contribution is 2.16. The Morgan fingerprint density at radius 1 is 1.17 bits per heavy atom. The van der Waals surface area contributed by atoms with Crippen LogP contribution in [0.25, 0.3) is 10.9 Å².